The minimum absolute atomic E-state index is 0. The highest BCUT2D eigenvalue weighted by atomic mass is 35.5. The summed E-state index contributed by atoms with van der Waals surface area (Å²) in [6.45, 7) is 1.74. The van der Waals surface area contributed by atoms with Gasteiger partial charge in [-0.3, -0.25) is 4.79 Å². The highest BCUT2D eigenvalue weighted by Gasteiger charge is 2.32. The van der Waals surface area contributed by atoms with E-state index in [4.69, 9.17) is 4.74 Å². The van der Waals surface area contributed by atoms with Crippen LogP contribution in [0.1, 0.15) is 17.9 Å². The lowest BCUT2D eigenvalue weighted by atomic mass is 9.81. The molecule has 1 fully saturated rings. The van der Waals surface area contributed by atoms with Crippen LogP contribution in [0, 0.1) is 5.92 Å². The maximum atomic E-state index is 11.7. The van der Waals surface area contributed by atoms with Crippen LogP contribution in [0.2, 0.25) is 0 Å². The molecule has 2 unspecified atom stereocenters. The van der Waals surface area contributed by atoms with E-state index in [0.717, 1.165) is 19.5 Å². The molecule has 2 atom stereocenters. The number of hydrogen-bond acceptors (Lipinski definition) is 3. The number of benzene rings is 1. The molecule has 0 amide bonds. The van der Waals surface area contributed by atoms with Crippen molar-refractivity contribution < 1.29 is 9.53 Å². The fourth-order valence-corrected chi connectivity index (χ4v) is 2.34. The SMILES string of the molecule is COC(=O)C1CCNCC1c1ccccc1.Cl. The molecule has 1 N–H and O–H groups in total. The molecule has 1 aliphatic heterocycles. The summed E-state index contributed by atoms with van der Waals surface area (Å²) in [7, 11) is 1.46. The van der Waals surface area contributed by atoms with Gasteiger partial charge in [-0.1, -0.05) is 30.3 Å². The smallest absolute Gasteiger partial charge is 0.309 e. The Labute approximate surface area is 108 Å². The minimum Gasteiger partial charge on any atom is -0.469 e. The van der Waals surface area contributed by atoms with Gasteiger partial charge in [0.25, 0.3) is 0 Å². The van der Waals surface area contributed by atoms with Gasteiger partial charge in [0.1, 0.15) is 0 Å². The number of methoxy groups -OCH3 is 1. The summed E-state index contributed by atoms with van der Waals surface area (Å²) in [5, 5.41) is 3.33. The maximum Gasteiger partial charge on any atom is 0.309 e. The van der Waals surface area contributed by atoms with Gasteiger partial charge in [-0.05, 0) is 18.5 Å². The van der Waals surface area contributed by atoms with Crippen LogP contribution in [-0.2, 0) is 9.53 Å². The van der Waals surface area contributed by atoms with Crippen molar-refractivity contribution in [1.82, 2.24) is 5.32 Å². The van der Waals surface area contributed by atoms with Gasteiger partial charge in [0.05, 0.1) is 13.0 Å². The molecule has 1 aromatic rings. The summed E-state index contributed by atoms with van der Waals surface area (Å²) in [6, 6.07) is 10.2. The molecule has 0 saturated carbocycles. The van der Waals surface area contributed by atoms with E-state index in [0.29, 0.717) is 0 Å². The number of rotatable bonds is 2. The fourth-order valence-electron chi connectivity index (χ4n) is 2.34. The first kappa shape index (κ1) is 14.0. The average Bonchev–Trinajstić information content (AvgIpc) is 2.39. The van der Waals surface area contributed by atoms with Crippen LogP contribution in [0.15, 0.2) is 30.3 Å². The van der Waals surface area contributed by atoms with Crippen LogP contribution in [0.4, 0.5) is 0 Å². The zero-order chi connectivity index (χ0) is 11.4. The number of ether oxygens (including phenoxy) is 1. The molecule has 0 bridgehead atoms. The first-order chi connectivity index (χ1) is 7.83. The molecule has 4 heteroatoms. The van der Waals surface area contributed by atoms with Gasteiger partial charge in [0.2, 0.25) is 0 Å². The molecule has 3 nitrogen and oxygen atoms in total. The standard InChI is InChI=1S/C13H17NO2.ClH/c1-16-13(15)11-7-8-14-9-12(11)10-5-3-2-4-6-10;/h2-6,11-12,14H,7-9H2,1H3;1H. The molecule has 1 heterocycles. The van der Waals surface area contributed by atoms with Gasteiger partial charge < -0.3 is 10.1 Å². The Kier molecular flexibility index (Phi) is 5.45. The molecule has 0 aliphatic carbocycles. The average molecular weight is 256 g/mol. The maximum absolute atomic E-state index is 11.7. The Morgan fingerprint density at radius 3 is 2.71 bits per heavy atom. The van der Waals surface area contributed by atoms with Crippen LogP contribution in [0.3, 0.4) is 0 Å². The van der Waals surface area contributed by atoms with Crippen molar-refractivity contribution in [2.45, 2.75) is 12.3 Å². The molecule has 0 spiro atoms. The summed E-state index contributed by atoms with van der Waals surface area (Å²) in [6.07, 6.45) is 0.853. The number of hydrogen-bond donors (Lipinski definition) is 1. The normalized spacial score (nSPS) is 23.6. The number of nitrogens with one attached hydrogen (secondary N) is 1. The van der Waals surface area contributed by atoms with E-state index < -0.39 is 0 Å². The number of carbonyl (C=O) groups excluding carboxylic acids is 1. The summed E-state index contributed by atoms with van der Waals surface area (Å²) < 4.78 is 4.87. The van der Waals surface area contributed by atoms with Gasteiger partial charge in [-0.25, -0.2) is 0 Å². The number of halogens is 1. The number of piperidine rings is 1. The van der Waals surface area contributed by atoms with E-state index in [9.17, 15) is 4.79 Å². The summed E-state index contributed by atoms with van der Waals surface area (Å²) >= 11 is 0. The summed E-state index contributed by atoms with van der Waals surface area (Å²) in [5.41, 5.74) is 1.21. The molecular formula is C13H18ClNO2. The van der Waals surface area contributed by atoms with Crippen LogP contribution < -0.4 is 5.32 Å². The lowest BCUT2D eigenvalue weighted by Gasteiger charge is -2.30. The summed E-state index contributed by atoms with van der Waals surface area (Å²) in [4.78, 5) is 11.7. The Hall–Kier alpha value is -1.06. The third kappa shape index (κ3) is 3.20. The van der Waals surface area contributed by atoms with Crippen molar-refractivity contribution in [3.63, 3.8) is 0 Å². The van der Waals surface area contributed by atoms with Gasteiger partial charge in [0.15, 0.2) is 0 Å². The molecule has 1 aliphatic rings. The second kappa shape index (κ2) is 6.62. The largest absolute Gasteiger partial charge is 0.469 e. The Balaban J connectivity index is 0.00000144. The zero-order valence-electron chi connectivity index (χ0n) is 9.89. The van der Waals surface area contributed by atoms with E-state index in [1.807, 2.05) is 18.2 Å². The lowest BCUT2D eigenvalue weighted by Crippen LogP contribution is -2.39. The van der Waals surface area contributed by atoms with Crippen molar-refractivity contribution in [1.29, 1.82) is 0 Å². The predicted molar refractivity (Wildman–Crippen MR) is 69.4 cm³/mol. The Bertz CT molecular complexity index is 356. The minimum atomic E-state index is -0.0876. The van der Waals surface area contributed by atoms with Gasteiger partial charge in [-0.2, -0.15) is 0 Å². The summed E-state index contributed by atoms with van der Waals surface area (Å²) in [5.74, 6) is 0.145. The predicted octanol–water partition coefficient (Wildman–Crippen LogP) is 1.97. The monoisotopic (exact) mass is 255 g/mol. The number of esters is 1. The third-order valence-corrected chi connectivity index (χ3v) is 3.21. The molecule has 2 rings (SSSR count). The quantitative estimate of drug-likeness (QED) is 0.822. The van der Waals surface area contributed by atoms with Crippen LogP contribution in [0.5, 0.6) is 0 Å². The first-order valence-corrected chi connectivity index (χ1v) is 5.66. The second-order valence-electron chi connectivity index (χ2n) is 4.14. The topological polar surface area (TPSA) is 38.3 Å². The lowest BCUT2D eigenvalue weighted by molar-refractivity contribution is -0.147. The zero-order valence-corrected chi connectivity index (χ0v) is 10.7. The number of carbonyl (C=O) groups is 1. The fraction of sp³-hybridized carbons (Fsp3) is 0.462. The van der Waals surface area contributed by atoms with E-state index in [2.05, 4.69) is 17.4 Å². The van der Waals surface area contributed by atoms with Crippen molar-refractivity contribution in [3.05, 3.63) is 35.9 Å². The van der Waals surface area contributed by atoms with Crippen LogP contribution in [-0.4, -0.2) is 26.2 Å². The molecule has 1 aromatic carbocycles. The Morgan fingerprint density at radius 2 is 2.06 bits per heavy atom. The molecule has 17 heavy (non-hydrogen) atoms. The molecule has 94 valence electrons. The van der Waals surface area contributed by atoms with Crippen molar-refractivity contribution in [2.24, 2.45) is 5.92 Å². The van der Waals surface area contributed by atoms with Crippen molar-refractivity contribution in [2.75, 3.05) is 20.2 Å². The van der Waals surface area contributed by atoms with E-state index in [1.165, 1.54) is 12.7 Å². The van der Waals surface area contributed by atoms with Gasteiger partial charge in [0, 0.05) is 12.5 Å². The highest BCUT2D eigenvalue weighted by molar-refractivity contribution is 5.85. The van der Waals surface area contributed by atoms with E-state index >= 15 is 0 Å². The molecule has 1 saturated heterocycles. The molecule has 0 aromatic heterocycles. The molecular weight excluding hydrogens is 238 g/mol. The van der Waals surface area contributed by atoms with Crippen LogP contribution in [0.25, 0.3) is 0 Å². The van der Waals surface area contributed by atoms with Gasteiger partial charge in [-0.15, -0.1) is 12.4 Å². The van der Waals surface area contributed by atoms with Gasteiger partial charge >= 0.3 is 5.97 Å². The van der Waals surface area contributed by atoms with Crippen molar-refractivity contribution in [3.8, 4) is 0 Å². The van der Waals surface area contributed by atoms with Crippen LogP contribution >= 0.6 is 12.4 Å². The van der Waals surface area contributed by atoms with Crippen molar-refractivity contribution >= 4 is 18.4 Å². The Morgan fingerprint density at radius 1 is 1.35 bits per heavy atom. The van der Waals surface area contributed by atoms with E-state index in [1.54, 1.807) is 0 Å². The third-order valence-electron chi connectivity index (χ3n) is 3.21. The second-order valence-corrected chi connectivity index (χ2v) is 4.14. The first-order valence-electron chi connectivity index (χ1n) is 5.66. The molecule has 0 radical (unpaired) electrons. The van der Waals surface area contributed by atoms with E-state index in [-0.39, 0.29) is 30.2 Å². The highest BCUT2D eigenvalue weighted by Crippen LogP contribution is 2.29.